The molecule has 1 N–H and O–H groups in total. The fourth-order valence-corrected chi connectivity index (χ4v) is 3.47. The van der Waals surface area contributed by atoms with Gasteiger partial charge in [0.2, 0.25) is 5.95 Å². The lowest BCUT2D eigenvalue weighted by Gasteiger charge is -2.34. The maximum absolute atomic E-state index is 5.31. The number of aryl methyl sites for hydroxylation is 1. The number of nitrogens with one attached hydrogen (secondary N) is 1. The number of methoxy groups -OCH3 is 1. The van der Waals surface area contributed by atoms with Gasteiger partial charge in [-0.05, 0) is 36.6 Å². The van der Waals surface area contributed by atoms with Crippen LogP contribution in [0.3, 0.4) is 0 Å². The summed E-state index contributed by atoms with van der Waals surface area (Å²) in [5, 5.41) is 16.2. The molecule has 1 fully saturated rings. The van der Waals surface area contributed by atoms with Gasteiger partial charge in [-0.25, -0.2) is 14.2 Å². The van der Waals surface area contributed by atoms with Crippen molar-refractivity contribution in [2.24, 2.45) is 7.05 Å². The first-order valence-corrected chi connectivity index (χ1v) is 8.65. The van der Waals surface area contributed by atoms with Crippen molar-refractivity contribution < 1.29 is 4.74 Å². The number of anilines is 1. The van der Waals surface area contributed by atoms with Crippen molar-refractivity contribution in [3.8, 4) is 11.1 Å². The molecule has 0 atom stereocenters. The molecule has 4 aromatic rings. The van der Waals surface area contributed by atoms with Crippen molar-refractivity contribution in [3.63, 3.8) is 0 Å². The summed E-state index contributed by atoms with van der Waals surface area (Å²) in [7, 11) is 3.65. The first-order chi connectivity index (χ1) is 12.7. The van der Waals surface area contributed by atoms with Crippen molar-refractivity contribution in [3.05, 3.63) is 36.7 Å². The van der Waals surface area contributed by atoms with Crippen molar-refractivity contribution in [1.29, 1.82) is 0 Å². The maximum atomic E-state index is 5.31. The Labute approximate surface area is 149 Å². The molecule has 0 radical (unpaired) electrons. The Morgan fingerprint density at radius 1 is 1.19 bits per heavy atom. The van der Waals surface area contributed by atoms with Crippen LogP contribution in [0.5, 0.6) is 0 Å². The topological polar surface area (TPSA) is 82.2 Å². The average Bonchev–Trinajstić information content (AvgIpc) is 3.21. The molecule has 0 unspecified atom stereocenters. The molecule has 8 nitrogen and oxygen atoms in total. The Morgan fingerprint density at radius 3 is 2.92 bits per heavy atom. The van der Waals surface area contributed by atoms with Crippen molar-refractivity contribution >= 4 is 22.5 Å². The SMILES string of the molecule is COC1CC(Nc2ncc3c(-c4ccc5nnn(C)c5c4)ccn3n2)C1. The van der Waals surface area contributed by atoms with E-state index < -0.39 is 0 Å². The van der Waals surface area contributed by atoms with Crippen LogP contribution in [0, 0.1) is 0 Å². The average molecular weight is 349 g/mol. The molecular weight excluding hydrogens is 330 g/mol. The van der Waals surface area contributed by atoms with Crippen LogP contribution in [-0.4, -0.2) is 48.8 Å². The Bertz CT molecular complexity index is 1090. The van der Waals surface area contributed by atoms with Gasteiger partial charge in [0.15, 0.2) is 0 Å². The lowest BCUT2D eigenvalue weighted by Crippen LogP contribution is -2.40. The number of nitrogens with zero attached hydrogens (tertiary/aromatic N) is 6. The van der Waals surface area contributed by atoms with E-state index in [4.69, 9.17) is 4.74 Å². The molecule has 1 saturated carbocycles. The van der Waals surface area contributed by atoms with E-state index in [1.54, 1.807) is 11.8 Å². The summed E-state index contributed by atoms with van der Waals surface area (Å²) < 4.78 is 8.96. The predicted molar refractivity (Wildman–Crippen MR) is 97.9 cm³/mol. The van der Waals surface area contributed by atoms with Crippen LogP contribution in [0.25, 0.3) is 27.7 Å². The van der Waals surface area contributed by atoms with Crippen LogP contribution in [0.15, 0.2) is 36.7 Å². The molecule has 1 aromatic carbocycles. The second kappa shape index (κ2) is 5.77. The Hall–Kier alpha value is -3.00. The molecule has 1 aliphatic rings. The summed E-state index contributed by atoms with van der Waals surface area (Å²) in [6.07, 6.45) is 6.16. The molecule has 132 valence electrons. The van der Waals surface area contributed by atoms with Gasteiger partial charge in [0.1, 0.15) is 5.52 Å². The number of hydrogen-bond donors (Lipinski definition) is 1. The van der Waals surface area contributed by atoms with E-state index >= 15 is 0 Å². The van der Waals surface area contributed by atoms with Gasteiger partial charge in [-0.2, -0.15) is 0 Å². The molecular formula is C18H19N7O. The van der Waals surface area contributed by atoms with E-state index in [0.717, 1.165) is 40.5 Å². The lowest BCUT2D eigenvalue weighted by molar-refractivity contribution is 0.0326. The van der Waals surface area contributed by atoms with E-state index in [0.29, 0.717) is 18.1 Å². The van der Waals surface area contributed by atoms with E-state index in [1.165, 1.54) is 0 Å². The molecule has 3 aromatic heterocycles. The summed E-state index contributed by atoms with van der Waals surface area (Å²) in [6, 6.07) is 8.57. The summed E-state index contributed by atoms with van der Waals surface area (Å²) in [5.74, 6) is 0.644. The van der Waals surface area contributed by atoms with E-state index in [-0.39, 0.29) is 0 Å². The second-order valence-corrected chi connectivity index (χ2v) is 6.73. The highest BCUT2D eigenvalue weighted by molar-refractivity contribution is 5.87. The standard InChI is InChI=1S/C18H19N7O/c1-24-16-7-11(3-4-15(16)21-23-24)14-5-6-25-17(14)10-19-18(22-25)20-12-8-13(9-12)26-2/h3-7,10,12-13H,8-9H2,1-2H3,(H,20,22). The van der Waals surface area contributed by atoms with Crippen molar-refractivity contribution in [2.75, 3.05) is 12.4 Å². The van der Waals surface area contributed by atoms with Crippen molar-refractivity contribution in [2.45, 2.75) is 25.0 Å². The highest BCUT2D eigenvalue weighted by Crippen LogP contribution is 2.29. The third kappa shape index (κ3) is 2.41. The Kier molecular flexibility index (Phi) is 3.39. The molecule has 0 aliphatic heterocycles. The molecule has 0 amide bonds. The predicted octanol–water partition coefficient (Wildman–Crippen LogP) is 2.27. The number of hydrogen-bond acceptors (Lipinski definition) is 6. The highest BCUT2D eigenvalue weighted by atomic mass is 16.5. The Balaban J connectivity index is 1.46. The normalized spacial score (nSPS) is 19.8. The molecule has 8 heteroatoms. The van der Waals surface area contributed by atoms with Crippen molar-refractivity contribution in [1.82, 2.24) is 29.6 Å². The second-order valence-electron chi connectivity index (χ2n) is 6.73. The zero-order valence-corrected chi connectivity index (χ0v) is 14.6. The van der Waals surface area contributed by atoms with Crippen LogP contribution in [-0.2, 0) is 11.8 Å². The van der Waals surface area contributed by atoms with Gasteiger partial charge in [0, 0.05) is 32.0 Å². The van der Waals surface area contributed by atoms with Crippen LogP contribution < -0.4 is 5.32 Å². The number of fused-ring (bicyclic) bond motifs is 2. The largest absolute Gasteiger partial charge is 0.381 e. The van der Waals surface area contributed by atoms with Crippen LogP contribution in [0.1, 0.15) is 12.8 Å². The van der Waals surface area contributed by atoms with Gasteiger partial charge < -0.3 is 10.1 Å². The van der Waals surface area contributed by atoms with Gasteiger partial charge >= 0.3 is 0 Å². The van der Waals surface area contributed by atoms with Crippen LogP contribution >= 0.6 is 0 Å². The molecule has 1 aliphatic carbocycles. The third-order valence-electron chi connectivity index (χ3n) is 5.10. The zero-order valence-electron chi connectivity index (χ0n) is 14.6. The van der Waals surface area contributed by atoms with Gasteiger partial charge in [0.05, 0.1) is 23.3 Å². The summed E-state index contributed by atoms with van der Waals surface area (Å²) in [4.78, 5) is 4.49. The zero-order chi connectivity index (χ0) is 17.7. The minimum absolute atomic E-state index is 0.353. The van der Waals surface area contributed by atoms with Gasteiger partial charge in [-0.15, -0.1) is 10.2 Å². The third-order valence-corrected chi connectivity index (χ3v) is 5.10. The molecule has 26 heavy (non-hydrogen) atoms. The molecule has 0 bridgehead atoms. The summed E-state index contributed by atoms with van der Waals surface area (Å²) >= 11 is 0. The number of benzene rings is 1. The van der Waals surface area contributed by atoms with Gasteiger partial charge in [0.25, 0.3) is 0 Å². The smallest absolute Gasteiger partial charge is 0.241 e. The fraction of sp³-hybridized carbons (Fsp3) is 0.333. The lowest BCUT2D eigenvalue weighted by atomic mass is 9.89. The molecule has 0 spiro atoms. The number of ether oxygens (including phenoxy) is 1. The maximum Gasteiger partial charge on any atom is 0.241 e. The first-order valence-electron chi connectivity index (χ1n) is 8.65. The van der Waals surface area contributed by atoms with Crippen LogP contribution in [0.4, 0.5) is 5.95 Å². The quantitative estimate of drug-likeness (QED) is 0.609. The molecule has 0 saturated heterocycles. The van der Waals surface area contributed by atoms with Gasteiger partial charge in [-0.3, -0.25) is 0 Å². The van der Waals surface area contributed by atoms with E-state index in [9.17, 15) is 0 Å². The summed E-state index contributed by atoms with van der Waals surface area (Å²) in [5.41, 5.74) is 5.03. The minimum atomic E-state index is 0.353. The summed E-state index contributed by atoms with van der Waals surface area (Å²) in [6.45, 7) is 0. The first kappa shape index (κ1) is 15.3. The monoisotopic (exact) mass is 349 g/mol. The number of aromatic nitrogens is 6. The van der Waals surface area contributed by atoms with E-state index in [2.05, 4.69) is 43.9 Å². The fourth-order valence-electron chi connectivity index (χ4n) is 3.47. The van der Waals surface area contributed by atoms with Crippen LogP contribution in [0.2, 0.25) is 0 Å². The highest BCUT2D eigenvalue weighted by Gasteiger charge is 2.29. The van der Waals surface area contributed by atoms with E-state index in [1.807, 2.05) is 30.0 Å². The van der Waals surface area contributed by atoms with Gasteiger partial charge in [-0.1, -0.05) is 11.3 Å². The number of rotatable bonds is 4. The minimum Gasteiger partial charge on any atom is -0.381 e. The molecule has 3 heterocycles. The molecule has 5 rings (SSSR count). The Morgan fingerprint density at radius 2 is 2.08 bits per heavy atom.